The summed E-state index contributed by atoms with van der Waals surface area (Å²) >= 11 is 1.75. The number of hydrogen-bond donors (Lipinski definition) is 1. The Bertz CT molecular complexity index is 400. The van der Waals surface area contributed by atoms with E-state index in [-0.39, 0.29) is 0 Å². The fraction of sp³-hybridized carbons (Fsp3) is 0.375. The van der Waals surface area contributed by atoms with E-state index in [2.05, 4.69) is 9.97 Å². The predicted molar refractivity (Wildman–Crippen MR) is 50.1 cm³/mol. The zero-order valence-electron chi connectivity index (χ0n) is 6.87. The number of H-pyrrole nitrogens is 1. The minimum atomic E-state index is -0.427. The third-order valence-corrected chi connectivity index (χ3v) is 2.99. The molecule has 4 nitrogen and oxygen atoms in total. The fourth-order valence-corrected chi connectivity index (χ4v) is 2.36. The van der Waals surface area contributed by atoms with Gasteiger partial charge in [0, 0.05) is 17.0 Å². The summed E-state index contributed by atoms with van der Waals surface area (Å²) in [5.74, 6) is 1.76. The number of thioether (sulfide) groups is 1. The summed E-state index contributed by atoms with van der Waals surface area (Å²) in [6.07, 6.45) is 1.47. The van der Waals surface area contributed by atoms with Crippen LogP contribution < -0.4 is 5.69 Å². The van der Waals surface area contributed by atoms with Gasteiger partial charge >= 0.3 is 5.69 Å². The lowest BCUT2D eigenvalue weighted by Gasteiger charge is -2.14. The quantitative estimate of drug-likeness (QED) is 0.659. The zero-order valence-corrected chi connectivity index (χ0v) is 7.69. The van der Waals surface area contributed by atoms with Crippen LogP contribution in [0.15, 0.2) is 4.79 Å². The van der Waals surface area contributed by atoms with Crippen LogP contribution in [0.1, 0.15) is 21.7 Å². The third kappa shape index (κ3) is 1.51. The Labute approximate surface area is 78.8 Å². The first-order valence-corrected chi connectivity index (χ1v) is 5.11. The van der Waals surface area contributed by atoms with E-state index in [0.717, 1.165) is 29.2 Å². The van der Waals surface area contributed by atoms with Gasteiger partial charge in [0.05, 0.1) is 0 Å². The SMILES string of the molecule is O=Cc1nc(=O)[nH]c2c1CCSC2. The summed E-state index contributed by atoms with van der Waals surface area (Å²) < 4.78 is 0. The molecule has 1 aliphatic heterocycles. The van der Waals surface area contributed by atoms with E-state index < -0.39 is 5.69 Å². The molecule has 0 atom stereocenters. The van der Waals surface area contributed by atoms with Gasteiger partial charge in [0.2, 0.25) is 0 Å². The van der Waals surface area contributed by atoms with Crippen LogP contribution in [0.4, 0.5) is 0 Å². The van der Waals surface area contributed by atoms with Crippen molar-refractivity contribution in [3.8, 4) is 0 Å². The number of fused-ring (bicyclic) bond motifs is 1. The monoisotopic (exact) mass is 196 g/mol. The molecule has 0 unspecified atom stereocenters. The highest BCUT2D eigenvalue weighted by molar-refractivity contribution is 7.98. The largest absolute Gasteiger partial charge is 0.345 e. The molecule has 0 aliphatic carbocycles. The van der Waals surface area contributed by atoms with Crippen molar-refractivity contribution in [3.05, 3.63) is 27.4 Å². The molecule has 2 rings (SSSR count). The molecule has 1 aromatic heterocycles. The molecule has 0 radical (unpaired) electrons. The molecule has 68 valence electrons. The first-order chi connectivity index (χ1) is 6.31. The zero-order chi connectivity index (χ0) is 9.26. The van der Waals surface area contributed by atoms with E-state index in [9.17, 15) is 9.59 Å². The van der Waals surface area contributed by atoms with Crippen LogP contribution in [-0.4, -0.2) is 22.0 Å². The number of aromatic amines is 1. The third-order valence-electron chi connectivity index (χ3n) is 2.01. The van der Waals surface area contributed by atoms with Crippen molar-refractivity contribution >= 4 is 18.0 Å². The molecule has 0 saturated carbocycles. The number of aldehydes is 1. The number of rotatable bonds is 1. The van der Waals surface area contributed by atoms with E-state index in [4.69, 9.17) is 0 Å². The molecule has 0 bridgehead atoms. The van der Waals surface area contributed by atoms with Crippen molar-refractivity contribution in [2.45, 2.75) is 12.2 Å². The van der Waals surface area contributed by atoms with Gasteiger partial charge < -0.3 is 4.98 Å². The number of aromatic nitrogens is 2. The standard InChI is InChI=1S/C8H8N2O2S/c11-3-6-5-1-2-13-4-7(5)10-8(12)9-6/h3H,1-2,4H2,(H,9,10,12). The molecular formula is C8H8N2O2S. The lowest BCUT2D eigenvalue weighted by Crippen LogP contribution is -2.21. The predicted octanol–water partition coefficient (Wildman–Crippen LogP) is 0.372. The summed E-state index contributed by atoms with van der Waals surface area (Å²) in [6, 6.07) is 0. The van der Waals surface area contributed by atoms with Crippen LogP contribution in [0.2, 0.25) is 0 Å². The molecule has 1 aromatic rings. The van der Waals surface area contributed by atoms with Crippen LogP contribution >= 0.6 is 11.8 Å². The highest BCUT2D eigenvalue weighted by atomic mass is 32.2. The van der Waals surface area contributed by atoms with E-state index in [0.29, 0.717) is 12.0 Å². The molecule has 5 heteroatoms. The summed E-state index contributed by atoms with van der Waals surface area (Å²) in [7, 11) is 0. The van der Waals surface area contributed by atoms with Crippen molar-refractivity contribution < 1.29 is 4.79 Å². The van der Waals surface area contributed by atoms with Gasteiger partial charge in [-0.2, -0.15) is 16.7 Å². The lowest BCUT2D eigenvalue weighted by molar-refractivity contribution is 0.111. The first kappa shape index (κ1) is 8.50. The average Bonchev–Trinajstić information content (AvgIpc) is 2.16. The van der Waals surface area contributed by atoms with Gasteiger partial charge in [-0.25, -0.2) is 4.79 Å². The van der Waals surface area contributed by atoms with Gasteiger partial charge in [-0.1, -0.05) is 0 Å². The Morgan fingerprint density at radius 2 is 2.38 bits per heavy atom. The molecule has 0 spiro atoms. The summed E-state index contributed by atoms with van der Waals surface area (Å²) in [4.78, 5) is 27.9. The maximum Gasteiger partial charge on any atom is 0.345 e. The minimum Gasteiger partial charge on any atom is -0.309 e. The van der Waals surface area contributed by atoms with Gasteiger partial charge in [-0.15, -0.1) is 0 Å². The Kier molecular flexibility index (Phi) is 2.18. The van der Waals surface area contributed by atoms with E-state index in [1.165, 1.54) is 0 Å². The van der Waals surface area contributed by atoms with E-state index in [1.807, 2.05) is 0 Å². The lowest BCUT2D eigenvalue weighted by atomic mass is 10.1. The normalized spacial score (nSPS) is 15.1. The Balaban J connectivity index is 2.63. The maximum absolute atomic E-state index is 11.0. The number of carbonyl (C=O) groups is 1. The highest BCUT2D eigenvalue weighted by Gasteiger charge is 2.15. The number of nitrogens with one attached hydrogen (secondary N) is 1. The molecule has 1 N–H and O–H groups in total. The van der Waals surface area contributed by atoms with Gasteiger partial charge in [-0.3, -0.25) is 4.79 Å². The molecule has 0 fully saturated rings. The fourth-order valence-electron chi connectivity index (χ4n) is 1.41. The molecule has 0 aromatic carbocycles. The topological polar surface area (TPSA) is 62.8 Å². The van der Waals surface area contributed by atoms with Crippen LogP contribution in [-0.2, 0) is 12.2 Å². The van der Waals surface area contributed by atoms with Crippen LogP contribution in [0.25, 0.3) is 0 Å². The van der Waals surface area contributed by atoms with Crippen LogP contribution in [0.3, 0.4) is 0 Å². The second-order valence-electron chi connectivity index (χ2n) is 2.80. The smallest absolute Gasteiger partial charge is 0.309 e. The molecule has 0 saturated heterocycles. The van der Waals surface area contributed by atoms with Gasteiger partial charge in [0.25, 0.3) is 0 Å². The van der Waals surface area contributed by atoms with Crippen LogP contribution in [0, 0.1) is 0 Å². The molecular weight excluding hydrogens is 188 g/mol. The van der Waals surface area contributed by atoms with E-state index in [1.54, 1.807) is 11.8 Å². The van der Waals surface area contributed by atoms with Gasteiger partial charge in [0.15, 0.2) is 6.29 Å². The van der Waals surface area contributed by atoms with Gasteiger partial charge in [0.1, 0.15) is 5.69 Å². The molecule has 13 heavy (non-hydrogen) atoms. The molecule has 2 heterocycles. The van der Waals surface area contributed by atoms with Gasteiger partial charge in [-0.05, 0) is 12.2 Å². The first-order valence-electron chi connectivity index (χ1n) is 3.96. The Morgan fingerprint density at radius 3 is 3.15 bits per heavy atom. The molecule has 0 amide bonds. The average molecular weight is 196 g/mol. The minimum absolute atomic E-state index is 0.305. The maximum atomic E-state index is 11.0. The summed E-state index contributed by atoms with van der Waals surface area (Å²) in [6.45, 7) is 0. The van der Waals surface area contributed by atoms with Crippen molar-refractivity contribution in [2.75, 3.05) is 5.75 Å². The second-order valence-corrected chi connectivity index (χ2v) is 3.91. The number of hydrogen-bond acceptors (Lipinski definition) is 4. The van der Waals surface area contributed by atoms with Crippen molar-refractivity contribution in [3.63, 3.8) is 0 Å². The number of nitrogens with zero attached hydrogens (tertiary/aromatic N) is 1. The van der Waals surface area contributed by atoms with Crippen molar-refractivity contribution in [2.24, 2.45) is 0 Å². The molecule has 1 aliphatic rings. The number of carbonyl (C=O) groups excluding carboxylic acids is 1. The Morgan fingerprint density at radius 1 is 1.54 bits per heavy atom. The van der Waals surface area contributed by atoms with Crippen molar-refractivity contribution in [1.82, 2.24) is 9.97 Å². The van der Waals surface area contributed by atoms with Crippen molar-refractivity contribution in [1.29, 1.82) is 0 Å². The second kappa shape index (κ2) is 3.33. The summed E-state index contributed by atoms with van der Waals surface area (Å²) in [5, 5.41) is 0. The van der Waals surface area contributed by atoms with Crippen LogP contribution in [0.5, 0.6) is 0 Å². The summed E-state index contributed by atoms with van der Waals surface area (Å²) in [5.41, 5.74) is 1.65. The highest BCUT2D eigenvalue weighted by Crippen LogP contribution is 2.22. The Hall–Kier alpha value is -1.10. The van der Waals surface area contributed by atoms with E-state index >= 15 is 0 Å².